The van der Waals surface area contributed by atoms with Gasteiger partial charge in [0.1, 0.15) is 12.2 Å². The number of alkyl halides is 2. The first-order chi connectivity index (χ1) is 10.1. The number of hydrogen-bond acceptors (Lipinski definition) is 7. The van der Waals surface area contributed by atoms with Gasteiger partial charge in [-0.1, -0.05) is 0 Å². The van der Waals surface area contributed by atoms with Crippen molar-refractivity contribution in [2.24, 2.45) is 5.73 Å². The first-order valence-corrected chi connectivity index (χ1v) is 6.90. The number of ether oxygens (including phenoxy) is 1. The Labute approximate surface area is 125 Å². The van der Waals surface area contributed by atoms with Crippen molar-refractivity contribution < 1.29 is 38.7 Å². The van der Waals surface area contributed by atoms with Crippen LogP contribution in [0, 0.1) is 0 Å². The van der Waals surface area contributed by atoms with Gasteiger partial charge in [-0.25, -0.2) is 0 Å². The highest BCUT2D eigenvalue weighted by molar-refractivity contribution is 5.83. The van der Waals surface area contributed by atoms with E-state index in [1.165, 1.54) is 0 Å². The third-order valence-corrected chi connectivity index (χ3v) is 4.09. The van der Waals surface area contributed by atoms with Gasteiger partial charge >= 0.3 is 5.92 Å². The summed E-state index contributed by atoms with van der Waals surface area (Å²) >= 11 is 0. The number of carbonyl (C=O) groups excluding carboxylic acids is 1. The van der Waals surface area contributed by atoms with Gasteiger partial charge < -0.3 is 35.8 Å². The van der Waals surface area contributed by atoms with E-state index in [0.717, 1.165) is 4.90 Å². The molecule has 2 saturated heterocycles. The molecule has 0 aromatic carbocycles. The number of nitrogens with zero attached hydrogens (tertiary/aromatic N) is 1. The molecule has 0 aromatic rings. The Morgan fingerprint density at radius 2 is 2.09 bits per heavy atom. The van der Waals surface area contributed by atoms with Gasteiger partial charge in [0, 0.05) is 13.0 Å². The largest absolute Gasteiger partial charge is 0.394 e. The molecule has 8 nitrogen and oxygen atoms in total. The first kappa shape index (κ1) is 17.4. The summed E-state index contributed by atoms with van der Waals surface area (Å²) in [6.07, 6.45) is -5.57. The summed E-state index contributed by atoms with van der Waals surface area (Å²) in [6, 6.07) is -0.852. The van der Waals surface area contributed by atoms with E-state index in [9.17, 15) is 28.9 Å². The smallest absolute Gasteiger partial charge is 0.317 e. The molecule has 128 valence electrons. The fraction of sp³-hybridized carbons (Fsp3) is 0.917. The molecular formula is C12H20F2N2O6. The van der Waals surface area contributed by atoms with Crippen LogP contribution >= 0.6 is 0 Å². The molecule has 22 heavy (non-hydrogen) atoms. The third-order valence-electron chi connectivity index (χ3n) is 4.09. The predicted octanol–water partition coefficient (Wildman–Crippen LogP) is -2.63. The maximum absolute atomic E-state index is 14.4. The molecule has 2 fully saturated rings. The summed E-state index contributed by atoms with van der Waals surface area (Å²) in [6.45, 7) is -1.96. The van der Waals surface area contributed by atoms with Crippen LogP contribution in [-0.4, -0.2) is 87.0 Å². The molecule has 2 aliphatic heterocycles. The summed E-state index contributed by atoms with van der Waals surface area (Å²) in [5.41, 5.74) is 5.45. The van der Waals surface area contributed by atoms with Crippen LogP contribution in [0.25, 0.3) is 0 Å². The van der Waals surface area contributed by atoms with E-state index < -0.39 is 61.5 Å². The minimum atomic E-state index is -3.92. The lowest BCUT2D eigenvalue weighted by Crippen LogP contribution is -2.65. The predicted molar refractivity (Wildman–Crippen MR) is 67.7 cm³/mol. The Kier molecular flexibility index (Phi) is 4.71. The topological polar surface area (TPSA) is 136 Å². The highest BCUT2D eigenvalue weighted by Gasteiger charge is 2.61. The quantitative estimate of drug-likeness (QED) is 0.381. The van der Waals surface area contributed by atoms with Crippen molar-refractivity contribution in [2.45, 2.75) is 48.9 Å². The average Bonchev–Trinajstić information content (AvgIpc) is 2.74. The number of aliphatic hydroxyl groups excluding tert-OH is 3. The molecule has 0 aromatic heterocycles. The summed E-state index contributed by atoms with van der Waals surface area (Å²) in [5, 5.41) is 38.2. The minimum absolute atomic E-state index is 0.0281. The van der Waals surface area contributed by atoms with E-state index in [1.807, 2.05) is 0 Å². The van der Waals surface area contributed by atoms with Crippen molar-refractivity contribution in [3.8, 4) is 0 Å². The molecule has 0 unspecified atom stereocenters. The monoisotopic (exact) mass is 326 g/mol. The number of amides is 1. The molecular weight excluding hydrogens is 306 g/mol. The molecule has 6 N–H and O–H groups in total. The van der Waals surface area contributed by atoms with Gasteiger partial charge in [0.2, 0.25) is 11.7 Å². The fourth-order valence-electron chi connectivity index (χ4n) is 2.68. The van der Waals surface area contributed by atoms with Gasteiger partial charge in [0.15, 0.2) is 0 Å². The molecule has 5 atom stereocenters. The molecule has 0 aliphatic carbocycles. The lowest BCUT2D eigenvalue weighted by Gasteiger charge is -2.45. The van der Waals surface area contributed by atoms with Crippen LogP contribution in [0.15, 0.2) is 0 Å². The summed E-state index contributed by atoms with van der Waals surface area (Å²) in [5.74, 6) is -7.67. The molecule has 0 saturated carbocycles. The van der Waals surface area contributed by atoms with Gasteiger partial charge in [-0.15, -0.1) is 0 Å². The number of carbonyl (C=O) groups is 1. The molecule has 0 bridgehead atoms. The van der Waals surface area contributed by atoms with Crippen LogP contribution < -0.4 is 5.73 Å². The first-order valence-electron chi connectivity index (χ1n) is 6.90. The van der Waals surface area contributed by atoms with Gasteiger partial charge in [0.05, 0.1) is 25.3 Å². The maximum atomic E-state index is 14.4. The minimum Gasteiger partial charge on any atom is -0.394 e. The molecule has 0 spiro atoms. The lowest BCUT2D eigenvalue weighted by atomic mass is 9.91. The van der Waals surface area contributed by atoms with E-state index in [-0.39, 0.29) is 13.0 Å². The van der Waals surface area contributed by atoms with Crippen LogP contribution in [0.3, 0.4) is 0 Å². The number of halogens is 2. The van der Waals surface area contributed by atoms with Crippen molar-refractivity contribution in [1.29, 1.82) is 0 Å². The van der Waals surface area contributed by atoms with Crippen LogP contribution in [0.1, 0.15) is 12.8 Å². The molecule has 2 heterocycles. The van der Waals surface area contributed by atoms with Crippen LogP contribution in [0.5, 0.6) is 0 Å². The Morgan fingerprint density at radius 1 is 1.45 bits per heavy atom. The van der Waals surface area contributed by atoms with E-state index in [4.69, 9.17) is 15.6 Å². The molecule has 2 aliphatic rings. The second-order valence-corrected chi connectivity index (χ2v) is 5.74. The van der Waals surface area contributed by atoms with Crippen molar-refractivity contribution in [3.05, 3.63) is 0 Å². The Balaban J connectivity index is 2.14. The lowest BCUT2D eigenvalue weighted by molar-refractivity contribution is -0.377. The fourth-order valence-corrected chi connectivity index (χ4v) is 2.68. The SMILES string of the molecule is N[C@H]1CCN(CC(F)(F)[C@@]2(O)C[C@@H](O)[C@@H](O)[C@@H](CO)O2)C1=O. The zero-order valence-electron chi connectivity index (χ0n) is 11.7. The van der Waals surface area contributed by atoms with E-state index >= 15 is 0 Å². The van der Waals surface area contributed by atoms with E-state index in [2.05, 4.69) is 0 Å². The Morgan fingerprint density at radius 3 is 2.59 bits per heavy atom. The summed E-state index contributed by atoms with van der Waals surface area (Å²) in [7, 11) is 0. The molecule has 0 radical (unpaired) electrons. The summed E-state index contributed by atoms with van der Waals surface area (Å²) < 4.78 is 33.5. The third kappa shape index (κ3) is 2.94. The second-order valence-electron chi connectivity index (χ2n) is 5.74. The van der Waals surface area contributed by atoms with Crippen molar-refractivity contribution in [1.82, 2.24) is 4.90 Å². The zero-order valence-corrected chi connectivity index (χ0v) is 11.7. The number of rotatable bonds is 4. The molecule has 10 heteroatoms. The zero-order chi connectivity index (χ0) is 16.7. The highest BCUT2D eigenvalue weighted by atomic mass is 19.3. The highest BCUT2D eigenvalue weighted by Crippen LogP contribution is 2.40. The Bertz CT molecular complexity index is 440. The normalized spacial score (nSPS) is 40.3. The van der Waals surface area contributed by atoms with Gasteiger partial charge in [-0.2, -0.15) is 8.78 Å². The van der Waals surface area contributed by atoms with E-state index in [0.29, 0.717) is 0 Å². The molecule has 2 rings (SSSR count). The van der Waals surface area contributed by atoms with Gasteiger partial charge in [-0.3, -0.25) is 4.79 Å². The van der Waals surface area contributed by atoms with Crippen molar-refractivity contribution >= 4 is 5.91 Å². The average molecular weight is 326 g/mol. The van der Waals surface area contributed by atoms with Crippen LogP contribution in [-0.2, 0) is 9.53 Å². The van der Waals surface area contributed by atoms with E-state index in [1.54, 1.807) is 0 Å². The maximum Gasteiger partial charge on any atom is 0.317 e. The molecule has 1 amide bonds. The van der Waals surface area contributed by atoms with Gasteiger partial charge in [0.25, 0.3) is 0 Å². The van der Waals surface area contributed by atoms with Crippen molar-refractivity contribution in [2.75, 3.05) is 19.7 Å². The second kappa shape index (κ2) is 5.95. The number of likely N-dealkylation sites (tertiary alicyclic amines) is 1. The van der Waals surface area contributed by atoms with Crippen LogP contribution in [0.2, 0.25) is 0 Å². The Hall–Kier alpha value is -0.910. The summed E-state index contributed by atoms with van der Waals surface area (Å²) in [4.78, 5) is 12.4. The number of nitrogens with two attached hydrogens (primary N) is 1. The standard InChI is InChI=1S/C12H20F2N2O6/c13-11(14,5-16-2-1-6(15)10(16)20)12(21)3-7(18)9(19)8(4-17)22-12/h6-9,17-19,21H,1-5,15H2/t6-,7+,8+,9+,12+/m0/s1. The number of hydrogen-bond donors (Lipinski definition) is 5. The van der Waals surface area contributed by atoms with Crippen LogP contribution in [0.4, 0.5) is 8.78 Å². The van der Waals surface area contributed by atoms with Crippen molar-refractivity contribution in [3.63, 3.8) is 0 Å². The number of aliphatic hydroxyl groups is 4. The van der Waals surface area contributed by atoms with Gasteiger partial charge in [-0.05, 0) is 6.42 Å².